The maximum absolute atomic E-state index is 12.3. The van der Waals surface area contributed by atoms with E-state index in [9.17, 15) is 4.79 Å². The number of hydrogen-bond donors (Lipinski definition) is 1. The average molecular weight is 228 g/mol. The molecule has 1 N–H and O–H groups in total. The molecule has 2 rings (SSSR count). The smallest absolute Gasteiger partial charge is 0.254 e. The SMILES string of the molecule is CC1(C)CNCCN1C(=O)C1COCCO1. The van der Waals surface area contributed by atoms with Gasteiger partial charge in [-0.15, -0.1) is 0 Å². The Morgan fingerprint density at radius 3 is 2.88 bits per heavy atom. The molecule has 0 aromatic heterocycles. The number of amides is 1. The molecule has 0 saturated carbocycles. The first-order chi connectivity index (χ1) is 7.61. The lowest BCUT2D eigenvalue weighted by Gasteiger charge is -2.44. The summed E-state index contributed by atoms with van der Waals surface area (Å²) in [5.41, 5.74) is -0.143. The Morgan fingerprint density at radius 2 is 2.25 bits per heavy atom. The fourth-order valence-electron chi connectivity index (χ4n) is 2.20. The summed E-state index contributed by atoms with van der Waals surface area (Å²) < 4.78 is 10.7. The van der Waals surface area contributed by atoms with Crippen LogP contribution in [0, 0.1) is 0 Å². The van der Waals surface area contributed by atoms with Gasteiger partial charge in [-0.2, -0.15) is 0 Å². The zero-order valence-electron chi connectivity index (χ0n) is 9.99. The Kier molecular flexibility index (Phi) is 3.47. The quantitative estimate of drug-likeness (QED) is 0.664. The number of carbonyl (C=O) groups is 1. The molecule has 0 aromatic rings. The van der Waals surface area contributed by atoms with Gasteiger partial charge in [0.25, 0.3) is 5.91 Å². The highest BCUT2D eigenvalue weighted by Gasteiger charge is 2.37. The van der Waals surface area contributed by atoms with Gasteiger partial charge in [-0.25, -0.2) is 0 Å². The van der Waals surface area contributed by atoms with E-state index in [1.54, 1.807) is 0 Å². The molecule has 0 radical (unpaired) electrons. The normalized spacial score (nSPS) is 30.1. The van der Waals surface area contributed by atoms with Gasteiger partial charge in [0, 0.05) is 25.2 Å². The molecule has 0 aliphatic carbocycles. The standard InChI is InChI=1S/C11H20N2O3/c1-11(2)8-12-3-4-13(11)10(14)9-7-15-5-6-16-9/h9,12H,3-8H2,1-2H3. The molecule has 5 nitrogen and oxygen atoms in total. The lowest BCUT2D eigenvalue weighted by molar-refractivity contribution is -0.164. The summed E-state index contributed by atoms with van der Waals surface area (Å²) in [6.07, 6.45) is -0.411. The van der Waals surface area contributed by atoms with Gasteiger partial charge in [0.15, 0.2) is 6.10 Å². The molecule has 1 atom stereocenters. The van der Waals surface area contributed by atoms with E-state index in [1.165, 1.54) is 0 Å². The van der Waals surface area contributed by atoms with Crippen molar-refractivity contribution >= 4 is 5.91 Å². The van der Waals surface area contributed by atoms with Crippen LogP contribution in [-0.4, -0.2) is 61.9 Å². The Hall–Kier alpha value is -0.650. The van der Waals surface area contributed by atoms with Gasteiger partial charge in [-0.1, -0.05) is 0 Å². The molecule has 16 heavy (non-hydrogen) atoms. The van der Waals surface area contributed by atoms with Crippen LogP contribution in [0.4, 0.5) is 0 Å². The van der Waals surface area contributed by atoms with E-state index in [-0.39, 0.29) is 11.4 Å². The van der Waals surface area contributed by atoms with Crippen LogP contribution in [0.2, 0.25) is 0 Å². The fourth-order valence-corrected chi connectivity index (χ4v) is 2.20. The van der Waals surface area contributed by atoms with E-state index >= 15 is 0 Å². The zero-order valence-corrected chi connectivity index (χ0v) is 9.99. The van der Waals surface area contributed by atoms with Gasteiger partial charge < -0.3 is 19.7 Å². The number of nitrogens with zero attached hydrogens (tertiary/aromatic N) is 1. The van der Waals surface area contributed by atoms with Crippen LogP contribution in [0.1, 0.15) is 13.8 Å². The van der Waals surface area contributed by atoms with Gasteiger partial charge in [0.05, 0.1) is 19.8 Å². The van der Waals surface area contributed by atoms with E-state index < -0.39 is 6.10 Å². The van der Waals surface area contributed by atoms with Crippen LogP contribution in [-0.2, 0) is 14.3 Å². The Labute approximate surface area is 96.1 Å². The highest BCUT2D eigenvalue weighted by molar-refractivity contribution is 5.82. The summed E-state index contributed by atoms with van der Waals surface area (Å²) in [7, 11) is 0. The number of rotatable bonds is 1. The number of hydrogen-bond acceptors (Lipinski definition) is 4. The molecule has 2 aliphatic rings. The predicted molar refractivity (Wildman–Crippen MR) is 59.2 cm³/mol. The molecule has 2 aliphatic heterocycles. The molecule has 2 heterocycles. The zero-order chi connectivity index (χ0) is 11.6. The van der Waals surface area contributed by atoms with Crippen LogP contribution < -0.4 is 5.32 Å². The van der Waals surface area contributed by atoms with Crippen molar-refractivity contribution in [1.82, 2.24) is 10.2 Å². The van der Waals surface area contributed by atoms with Crippen molar-refractivity contribution < 1.29 is 14.3 Å². The van der Waals surface area contributed by atoms with Crippen LogP contribution in [0.25, 0.3) is 0 Å². The molecule has 92 valence electrons. The molecule has 0 aromatic carbocycles. The van der Waals surface area contributed by atoms with E-state index in [4.69, 9.17) is 9.47 Å². The average Bonchev–Trinajstić information content (AvgIpc) is 2.29. The van der Waals surface area contributed by atoms with Gasteiger partial charge in [0.1, 0.15) is 0 Å². The maximum Gasteiger partial charge on any atom is 0.254 e. The van der Waals surface area contributed by atoms with Gasteiger partial charge >= 0.3 is 0 Å². The number of nitrogens with one attached hydrogen (secondary N) is 1. The summed E-state index contributed by atoms with van der Waals surface area (Å²) in [5.74, 6) is 0.0613. The van der Waals surface area contributed by atoms with Crippen molar-refractivity contribution in [2.75, 3.05) is 39.5 Å². The van der Waals surface area contributed by atoms with Crippen LogP contribution >= 0.6 is 0 Å². The molecule has 0 bridgehead atoms. The van der Waals surface area contributed by atoms with E-state index in [0.717, 1.165) is 19.6 Å². The largest absolute Gasteiger partial charge is 0.376 e. The fraction of sp³-hybridized carbons (Fsp3) is 0.909. The van der Waals surface area contributed by atoms with Crippen molar-refractivity contribution in [2.45, 2.75) is 25.5 Å². The van der Waals surface area contributed by atoms with Crippen LogP contribution in [0.15, 0.2) is 0 Å². The minimum absolute atomic E-state index is 0.0613. The van der Waals surface area contributed by atoms with Crippen molar-refractivity contribution in [3.63, 3.8) is 0 Å². The molecule has 1 amide bonds. The van der Waals surface area contributed by atoms with E-state index in [0.29, 0.717) is 19.8 Å². The first-order valence-electron chi connectivity index (χ1n) is 5.83. The minimum atomic E-state index is -0.411. The monoisotopic (exact) mass is 228 g/mol. The number of carbonyl (C=O) groups excluding carboxylic acids is 1. The van der Waals surface area contributed by atoms with Crippen LogP contribution in [0.3, 0.4) is 0 Å². The summed E-state index contributed by atoms with van der Waals surface area (Å²) in [6, 6.07) is 0. The first kappa shape index (κ1) is 11.8. The second-order valence-electron chi connectivity index (χ2n) is 4.91. The summed E-state index contributed by atoms with van der Waals surface area (Å²) >= 11 is 0. The summed E-state index contributed by atoms with van der Waals surface area (Å²) in [6.45, 7) is 8.05. The number of ether oxygens (including phenoxy) is 2. The molecule has 0 spiro atoms. The van der Waals surface area contributed by atoms with Crippen molar-refractivity contribution in [3.8, 4) is 0 Å². The maximum atomic E-state index is 12.3. The molecular weight excluding hydrogens is 208 g/mol. The summed E-state index contributed by atoms with van der Waals surface area (Å²) in [4.78, 5) is 14.2. The third kappa shape index (κ3) is 2.36. The van der Waals surface area contributed by atoms with Crippen LogP contribution in [0.5, 0.6) is 0 Å². The topological polar surface area (TPSA) is 50.8 Å². The Balaban J connectivity index is 2.01. The molecular formula is C11H20N2O3. The predicted octanol–water partition coefficient (Wildman–Crippen LogP) is -0.388. The Bertz CT molecular complexity index is 262. The number of piperazine rings is 1. The second kappa shape index (κ2) is 4.69. The Morgan fingerprint density at radius 1 is 1.44 bits per heavy atom. The van der Waals surface area contributed by atoms with Gasteiger partial charge in [-0.3, -0.25) is 4.79 Å². The lowest BCUT2D eigenvalue weighted by Crippen LogP contribution is -2.62. The molecule has 5 heteroatoms. The highest BCUT2D eigenvalue weighted by Crippen LogP contribution is 2.19. The third-order valence-electron chi connectivity index (χ3n) is 3.16. The lowest BCUT2D eigenvalue weighted by atomic mass is 9.99. The summed E-state index contributed by atoms with van der Waals surface area (Å²) in [5, 5.41) is 3.30. The first-order valence-corrected chi connectivity index (χ1v) is 5.83. The minimum Gasteiger partial charge on any atom is -0.376 e. The van der Waals surface area contributed by atoms with Gasteiger partial charge in [-0.05, 0) is 13.8 Å². The molecule has 2 fully saturated rings. The highest BCUT2D eigenvalue weighted by atomic mass is 16.6. The van der Waals surface area contributed by atoms with Gasteiger partial charge in [0.2, 0.25) is 0 Å². The molecule has 2 saturated heterocycles. The van der Waals surface area contributed by atoms with E-state index in [1.807, 2.05) is 4.90 Å². The molecule has 1 unspecified atom stereocenters. The van der Waals surface area contributed by atoms with Crippen molar-refractivity contribution in [2.24, 2.45) is 0 Å². The van der Waals surface area contributed by atoms with E-state index in [2.05, 4.69) is 19.2 Å². The van der Waals surface area contributed by atoms with Crippen molar-refractivity contribution in [3.05, 3.63) is 0 Å². The third-order valence-corrected chi connectivity index (χ3v) is 3.16. The second-order valence-corrected chi connectivity index (χ2v) is 4.91. The van der Waals surface area contributed by atoms with Crippen molar-refractivity contribution in [1.29, 1.82) is 0 Å².